The van der Waals surface area contributed by atoms with E-state index in [1.54, 1.807) is 36.0 Å². The first-order valence-electron chi connectivity index (χ1n) is 9.42. The molecule has 2 aromatic rings. The van der Waals surface area contributed by atoms with E-state index in [4.69, 9.17) is 0 Å². The lowest BCUT2D eigenvalue weighted by molar-refractivity contribution is -0.149. The van der Waals surface area contributed by atoms with E-state index in [1.807, 2.05) is 24.3 Å². The van der Waals surface area contributed by atoms with Crippen molar-refractivity contribution in [1.82, 2.24) is 10.2 Å². The van der Waals surface area contributed by atoms with E-state index >= 15 is 0 Å². The monoisotopic (exact) mass is 406 g/mol. The fraction of sp³-hybridized carbons (Fsp3) is 0.227. The second-order valence-electron chi connectivity index (χ2n) is 7.37. The smallest absolute Gasteiger partial charge is 0.352 e. The molecule has 0 aromatic heterocycles. The van der Waals surface area contributed by atoms with Gasteiger partial charge in [-0.3, -0.25) is 14.5 Å². The van der Waals surface area contributed by atoms with Gasteiger partial charge in [-0.25, -0.2) is 4.79 Å². The molecule has 2 aromatic carbocycles. The average Bonchev–Trinajstić information content (AvgIpc) is 2.73. The van der Waals surface area contributed by atoms with Gasteiger partial charge < -0.3 is 10.4 Å². The highest BCUT2D eigenvalue weighted by atomic mass is 32.2. The number of rotatable bonds is 4. The molecule has 29 heavy (non-hydrogen) atoms. The molecule has 2 N–H and O–H groups in total. The number of benzene rings is 2. The lowest BCUT2D eigenvalue weighted by Gasteiger charge is -2.56. The van der Waals surface area contributed by atoms with Crippen LogP contribution in [0, 0.1) is 0 Å². The molecular formula is C22H18N2O4S. The molecule has 0 bridgehead atoms. The summed E-state index contributed by atoms with van der Waals surface area (Å²) in [6, 6.07) is 18.0. The third-order valence-corrected chi connectivity index (χ3v) is 7.44. The lowest BCUT2D eigenvalue weighted by Crippen LogP contribution is -2.72. The van der Waals surface area contributed by atoms with Gasteiger partial charge in [-0.05, 0) is 29.7 Å². The Kier molecular flexibility index (Phi) is 4.20. The number of carboxylic acid groups (broad SMARTS) is 1. The van der Waals surface area contributed by atoms with Crippen LogP contribution in [0.1, 0.15) is 28.3 Å². The molecule has 4 atom stereocenters. The molecule has 2 aliphatic heterocycles. The Balaban J connectivity index is 1.41. The molecular weight excluding hydrogens is 388 g/mol. The molecule has 6 nitrogen and oxygen atoms in total. The fourth-order valence-corrected chi connectivity index (χ4v) is 6.07. The summed E-state index contributed by atoms with van der Waals surface area (Å²) >= 11 is 1.57. The van der Waals surface area contributed by atoms with E-state index in [0.29, 0.717) is 12.0 Å². The van der Waals surface area contributed by atoms with Gasteiger partial charge in [-0.1, -0.05) is 48.5 Å². The third-order valence-electron chi connectivity index (χ3n) is 5.78. The van der Waals surface area contributed by atoms with Crippen molar-refractivity contribution in [1.29, 1.82) is 0 Å². The summed E-state index contributed by atoms with van der Waals surface area (Å²) < 4.78 is 0. The summed E-state index contributed by atoms with van der Waals surface area (Å²) in [5.41, 5.74) is 2.55. The van der Waals surface area contributed by atoms with Gasteiger partial charge in [0.2, 0.25) is 0 Å². The van der Waals surface area contributed by atoms with E-state index in [0.717, 1.165) is 5.57 Å². The minimum absolute atomic E-state index is 0.00831. The molecule has 1 saturated heterocycles. The Morgan fingerprint density at radius 3 is 2.34 bits per heavy atom. The molecule has 3 aliphatic rings. The molecule has 5 rings (SSSR count). The first-order valence-corrected chi connectivity index (χ1v) is 10.4. The number of β-lactam (4-membered cyclic amide) rings is 1. The van der Waals surface area contributed by atoms with Crippen molar-refractivity contribution in [2.24, 2.45) is 0 Å². The van der Waals surface area contributed by atoms with Gasteiger partial charge in [-0.15, -0.1) is 11.8 Å². The predicted molar refractivity (Wildman–Crippen MR) is 108 cm³/mol. The molecule has 2 fully saturated rings. The number of carbonyl (C=O) groups excluding carboxylic acids is 2. The van der Waals surface area contributed by atoms with Crippen LogP contribution in [0.4, 0.5) is 0 Å². The number of carboxylic acids is 1. The maximum absolute atomic E-state index is 12.7. The number of aliphatic carboxylic acids is 1. The Labute approximate surface area is 171 Å². The van der Waals surface area contributed by atoms with Crippen LogP contribution in [0.15, 0.2) is 71.9 Å². The second-order valence-corrected chi connectivity index (χ2v) is 8.64. The molecule has 0 radical (unpaired) electrons. The summed E-state index contributed by atoms with van der Waals surface area (Å²) in [5.74, 6) is -1.56. The highest BCUT2D eigenvalue weighted by molar-refractivity contribution is 8.01. The molecule has 0 spiro atoms. The van der Waals surface area contributed by atoms with Crippen LogP contribution in [-0.2, 0) is 9.59 Å². The standard InChI is InChI=1S/C22H18N2O4S/c25-19(13-9-5-2-6-10-13)23-16-20(26)24-17(22(27)28)15-11-14(18(15)29-21(16)24)12-7-3-1-4-8-12/h1-10,14,16,18,21H,11H2,(H,23,25)(H,27,28)/t14-,16+,18-,21+/m0/s1. The van der Waals surface area contributed by atoms with Crippen LogP contribution in [0.3, 0.4) is 0 Å². The van der Waals surface area contributed by atoms with Gasteiger partial charge in [0.25, 0.3) is 11.8 Å². The van der Waals surface area contributed by atoms with E-state index < -0.39 is 17.4 Å². The summed E-state index contributed by atoms with van der Waals surface area (Å²) in [7, 11) is 0. The molecule has 2 amide bonds. The van der Waals surface area contributed by atoms with Crippen LogP contribution in [0.25, 0.3) is 0 Å². The topological polar surface area (TPSA) is 86.7 Å². The number of hydrogen-bond acceptors (Lipinski definition) is 4. The molecule has 146 valence electrons. The SMILES string of the molecule is O=C(O)C1=C2C[C@@H](c3ccccc3)[C@@H]2S[C@@H]2[C@H](NC(=O)c3ccccc3)C(=O)N12. The van der Waals surface area contributed by atoms with Crippen molar-refractivity contribution >= 4 is 29.5 Å². The summed E-state index contributed by atoms with van der Waals surface area (Å²) in [6.45, 7) is 0. The Morgan fingerprint density at radius 2 is 1.69 bits per heavy atom. The van der Waals surface area contributed by atoms with Crippen molar-refractivity contribution < 1.29 is 19.5 Å². The van der Waals surface area contributed by atoms with Crippen LogP contribution in [-0.4, -0.2) is 44.5 Å². The second kappa shape index (κ2) is 6.77. The minimum atomic E-state index is -1.08. The number of hydrogen-bond donors (Lipinski definition) is 2. The summed E-state index contributed by atoms with van der Waals surface area (Å²) in [5, 5.41) is 12.2. The number of thioether (sulfide) groups is 1. The fourth-order valence-electron chi connectivity index (χ4n) is 4.28. The minimum Gasteiger partial charge on any atom is -0.477 e. The zero-order valence-electron chi connectivity index (χ0n) is 15.3. The average molecular weight is 406 g/mol. The van der Waals surface area contributed by atoms with E-state index in [2.05, 4.69) is 17.4 Å². The van der Waals surface area contributed by atoms with Crippen molar-refractivity contribution in [3.05, 3.63) is 83.1 Å². The Hall–Kier alpha value is -3.06. The number of carbonyl (C=O) groups is 3. The highest BCUT2D eigenvalue weighted by Crippen LogP contribution is 2.57. The van der Waals surface area contributed by atoms with Crippen LogP contribution in [0.5, 0.6) is 0 Å². The van der Waals surface area contributed by atoms with Gasteiger partial charge in [0.1, 0.15) is 17.1 Å². The first kappa shape index (κ1) is 18.0. The van der Waals surface area contributed by atoms with Crippen LogP contribution < -0.4 is 5.32 Å². The van der Waals surface area contributed by atoms with Crippen molar-refractivity contribution in [2.45, 2.75) is 29.0 Å². The predicted octanol–water partition coefficient (Wildman–Crippen LogP) is 2.59. The largest absolute Gasteiger partial charge is 0.477 e. The zero-order chi connectivity index (χ0) is 20.1. The molecule has 0 unspecified atom stereocenters. The maximum atomic E-state index is 12.7. The summed E-state index contributed by atoms with van der Waals surface area (Å²) in [4.78, 5) is 38.5. The number of nitrogens with zero attached hydrogens (tertiary/aromatic N) is 1. The van der Waals surface area contributed by atoms with Crippen molar-refractivity contribution in [3.8, 4) is 0 Å². The van der Waals surface area contributed by atoms with Gasteiger partial charge in [0.05, 0.1) is 0 Å². The van der Waals surface area contributed by atoms with E-state index in [-0.39, 0.29) is 28.7 Å². The van der Waals surface area contributed by atoms with Crippen molar-refractivity contribution in [3.63, 3.8) is 0 Å². The Morgan fingerprint density at radius 1 is 1.03 bits per heavy atom. The first-order chi connectivity index (χ1) is 14.1. The molecule has 1 aliphatic carbocycles. The van der Waals surface area contributed by atoms with E-state index in [9.17, 15) is 19.5 Å². The highest BCUT2D eigenvalue weighted by Gasteiger charge is 2.59. The normalized spacial score (nSPS) is 27.3. The quantitative estimate of drug-likeness (QED) is 0.763. The van der Waals surface area contributed by atoms with Crippen molar-refractivity contribution in [2.75, 3.05) is 0 Å². The van der Waals surface area contributed by atoms with Gasteiger partial charge >= 0.3 is 5.97 Å². The Bertz CT molecular complexity index is 1040. The number of amides is 2. The zero-order valence-corrected chi connectivity index (χ0v) is 16.1. The van der Waals surface area contributed by atoms with E-state index in [1.165, 1.54) is 10.5 Å². The lowest BCUT2D eigenvalue weighted by atomic mass is 9.73. The summed E-state index contributed by atoms with van der Waals surface area (Å²) in [6.07, 6.45) is 0.640. The van der Waals surface area contributed by atoms with Gasteiger partial charge in [0, 0.05) is 16.7 Å². The molecule has 2 heterocycles. The molecule has 7 heteroatoms. The number of nitrogens with one attached hydrogen (secondary N) is 1. The van der Waals surface area contributed by atoms with Gasteiger partial charge in [-0.2, -0.15) is 0 Å². The van der Waals surface area contributed by atoms with Crippen LogP contribution in [0.2, 0.25) is 0 Å². The van der Waals surface area contributed by atoms with Crippen LogP contribution >= 0.6 is 11.8 Å². The van der Waals surface area contributed by atoms with Gasteiger partial charge in [0.15, 0.2) is 0 Å². The third kappa shape index (κ3) is 2.76. The maximum Gasteiger partial charge on any atom is 0.352 e. The number of fused-ring (bicyclic) bond motifs is 2. The molecule has 1 saturated carbocycles.